The van der Waals surface area contributed by atoms with Gasteiger partial charge in [-0.15, -0.1) is 0 Å². The van der Waals surface area contributed by atoms with Gasteiger partial charge in [-0.25, -0.2) is 9.18 Å². The highest BCUT2D eigenvalue weighted by Crippen LogP contribution is 2.27. The fourth-order valence-electron chi connectivity index (χ4n) is 3.14. The zero-order valence-electron chi connectivity index (χ0n) is 16.1. The molecule has 0 spiro atoms. The number of nitrogens with zero attached hydrogens (tertiary/aromatic N) is 1. The van der Waals surface area contributed by atoms with Crippen molar-refractivity contribution in [1.82, 2.24) is 4.57 Å². The Kier molecular flexibility index (Phi) is 5.35. The monoisotopic (exact) mass is 439 g/mol. The summed E-state index contributed by atoms with van der Waals surface area (Å²) in [6.45, 7) is 0. The van der Waals surface area contributed by atoms with Crippen molar-refractivity contribution < 1.29 is 23.8 Å². The first-order chi connectivity index (χ1) is 14.9. The van der Waals surface area contributed by atoms with E-state index >= 15 is 0 Å². The predicted octanol–water partition coefficient (Wildman–Crippen LogP) is 5.28. The lowest BCUT2D eigenvalue weighted by atomic mass is 10.1. The summed E-state index contributed by atoms with van der Waals surface area (Å²) in [5, 5.41) is 9.14. The van der Waals surface area contributed by atoms with Crippen molar-refractivity contribution >= 4 is 28.5 Å². The summed E-state index contributed by atoms with van der Waals surface area (Å²) in [5.74, 6) is -0.351. The molecule has 0 saturated carbocycles. The largest absolute Gasteiger partial charge is 0.497 e. The van der Waals surface area contributed by atoms with Gasteiger partial charge in [0.05, 0.1) is 17.6 Å². The first-order valence-electron chi connectivity index (χ1n) is 9.07. The minimum Gasteiger partial charge on any atom is -0.497 e. The standard InChI is InChI=1S/C23H15ClFNO5/c1-30-14-6-8-16(9-7-14)31-15-4-2-13(3-5-15)26-12-18(23(28)29)22(27)17-10-20(25)19(24)11-21(17)26/h2-12H,1H3,(H,28,29). The molecule has 31 heavy (non-hydrogen) atoms. The molecule has 6 nitrogen and oxygen atoms in total. The van der Waals surface area contributed by atoms with Crippen molar-refractivity contribution in [3.63, 3.8) is 0 Å². The third-order valence-corrected chi connectivity index (χ3v) is 4.98. The SMILES string of the molecule is COc1ccc(Oc2ccc(-n3cc(C(=O)O)c(=O)c4cc(F)c(Cl)cc43)cc2)cc1. The van der Waals surface area contributed by atoms with Crippen LogP contribution in [0.1, 0.15) is 10.4 Å². The first-order valence-corrected chi connectivity index (χ1v) is 9.45. The molecule has 1 heterocycles. The number of hydrogen-bond acceptors (Lipinski definition) is 4. The van der Waals surface area contributed by atoms with Crippen LogP contribution in [-0.2, 0) is 0 Å². The summed E-state index contributed by atoms with van der Waals surface area (Å²) in [7, 11) is 1.58. The van der Waals surface area contributed by atoms with Crippen molar-refractivity contribution in [3.05, 3.63) is 93.5 Å². The Morgan fingerprint density at radius 2 is 1.58 bits per heavy atom. The van der Waals surface area contributed by atoms with Crippen molar-refractivity contribution in [2.75, 3.05) is 7.11 Å². The Morgan fingerprint density at radius 3 is 2.16 bits per heavy atom. The molecule has 0 atom stereocenters. The van der Waals surface area contributed by atoms with Gasteiger partial charge in [-0.2, -0.15) is 0 Å². The van der Waals surface area contributed by atoms with Gasteiger partial charge in [-0.05, 0) is 60.7 Å². The number of benzene rings is 3. The molecular weight excluding hydrogens is 425 g/mol. The molecule has 4 rings (SSSR count). The molecule has 0 aliphatic carbocycles. The van der Waals surface area contributed by atoms with Crippen LogP contribution in [-0.4, -0.2) is 22.8 Å². The van der Waals surface area contributed by atoms with E-state index in [4.69, 9.17) is 21.1 Å². The Labute approximate surface area is 180 Å². The summed E-state index contributed by atoms with van der Waals surface area (Å²) in [4.78, 5) is 24.0. The van der Waals surface area contributed by atoms with E-state index < -0.39 is 22.8 Å². The third-order valence-electron chi connectivity index (χ3n) is 4.69. The van der Waals surface area contributed by atoms with E-state index in [-0.39, 0.29) is 15.9 Å². The third kappa shape index (κ3) is 3.95. The van der Waals surface area contributed by atoms with E-state index in [1.54, 1.807) is 55.6 Å². The highest BCUT2D eigenvalue weighted by atomic mass is 35.5. The lowest BCUT2D eigenvalue weighted by molar-refractivity contribution is 0.0695. The van der Waals surface area contributed by atoms with Gasteiger partial charge in [-0.3, -0.25) is 4.79 Å². The number of fused-ring (bicyclic) bond motifs is 1. The zero-order valence-corrected chi connectivity index (χ0v) is 16.9. The molecule has 0 amide bonds. The Morgan fingerprint density at radius 1 is 1.00 bits per heavy atom. The fourth-order valence-corrected chi connectivity index (χ4v) is 3.30. The maximum absolute atomic E-state index is 14.0. The molecule has 8 heteroatoms. The normalized spacial score (nSPS) is 10.8. The molecule has 0 bridgehead atoms. The van der Waals surface area contributed by atoms with Crippen molar-refractivity contribution in [3.8, 4) is 22.9 Å². The van der Waals surface area contributed by atoms with Crippen LogP contribution < -0.4 is 14.9 Å². The van der Waals surface area contributed by atoms with Crippen LogP contribution in [0, 0.1) is 5.82 Å². The lowest BCUT2D eigenvalue weighted by Crippen LogP contribution is -2.18. The molecule has 156 valence electrons. The summed E-state index contributed by atoms with van der Waals surface area (Å²) in [5.41, 5.74) is -0.441. The quantitative estimate of drug-likeness (QED) is 0.457. The number of rotatable bonds is 5. The number of halogens is 2. The highest BCUT2D eigenvalue weighted by Gasteiger charge is 2.17. The number of carboxylic acid groups (broad SMARTS) is 1. The maximum atomic E-state index is 14.0. The average Bonchev–Trinajstić information content (AvgIpc) is 2.76. The first kappa shape index (κ1) is 20.4. The van der Waals surface area contributed by atoms with Gasteiger partial charge >= 0.3 is 5.97 Å². The molecule has 0 aliphatic heterocycles. The highest BCUT2D eigenvalue weighted by molar-refractivity contribution is 6.31. The van der Waals surface area contributed by atoms with Crippen LogP contribution >= 0.6 is 11.6 Å². The topological polar surface area (TPSA) is 77.8 Å². The molecular formula is C23H15ClFNO5. The van der Waals surface area contributed by atoms with Crippen molar-refractivity contribution in [2.45, 2.75) is 0 Å². The molecule has 0 saturated heterocycles. The average molecular weight is 440 g/mol. The van der Waals surface area contributed by atoms with E-state index in [2.05, 4.69) is 0 Å². The van der Waals surface area contributed by atoms with E-state index in [9.17, 15) is 19.1 Å². The number of pyridine rings is 1. The molecule has 1 aromatic heterocycles. The summed E-state index contributed by atoms with van der Waals surface area (Å²) in [6.07, 6.45) is 1.20. The van der Waals surface area contributed by atoms with Crippen LogP contribution in [0.5, 0.6) is 17.2 Å². The maximum Gasteiger partial charge on any atom is 0.341 e. The Balaban J connectivity index is 1.77. The van der Waals surface area contributed by atoms with Crippen LogP contribution in [0.4, 0.5) is 4.39 Å². The second kappa shape index (κ2) is 8.12. The zero-order chi connectivity index (χ0) is 22.1. The molecule has 0 unspecified atom stereocenters. The fraction of sp³-hybridized carbons (Fsp3) is 0.0435. The number of carboxylic acids is 1. The van der Waals surface area contributed by atoms with E-state index in [1.807, 2.05) is 0 Å². The Bertz CT molecular complexity index is 1350. The number of aromatic carboxylic acids is 1. The second-order valence-corrected chi connectivity index (χ2v) is 7.01. The van der Waals surface area contributed by atoms with Crippen molar-refractivity contribution in [1.29, 1.82) is 0 Å². The van der Waals surface area contributed by atoms with Gasteiger partial charge in [-0.1, -0.05) is 11.6 Å². The van der Waals surface area contributed by atoms with Gasteiger partial charge in [0.25, 0.3) is 0 Å². The smallest absolute Gasteiger partial charge is 0.341 e. The molecule has 1 N–H and O–H groups in total. The molecule has 0 aliphatic rings. The van der Waals surface area contributed by atoms with Gasteiger partial charge in [0.15, 0.2) is 0 Å². The number of aromatic nitrogens is 1. The molecule has 0 fully saturated rings. The van der Waals surface area contributed by atoms with Crippen molar-refractivity contribution in [2.24, 2.45) is 0 Å². The van der Waals surface area contributed by atoms with Crippen LogP contribution in [0.3, 0.4) is 0 Å². The molecule has 3 aromatic carbocycles. The summed E-state index contributed by atoms with van der Waals surface area (Å²) in [6, 6.07) is 16.1. The minimum atomic E-state index is -1.41. The van der Waals surface area contributed by atoms with Gasteiger partial charge in [0.2, 0.25) is 5.43 Å². The summed E-state index contributed by atoms with van der Waals surface area (Å²) < 4.78 is 26.3. The van der Waals surface area contributed by atoms with E-state index in [0.29, 0.717) is 22.9 Å². The molecule has 0 radical (unpaired) electrons. The van der Waals surface area contributed by atoms with Gasteiger partial charge < -0.3 is 19.1 Å². The number of hydrogen-bond donors (Lipinski definition) is 1. The minimum absolute atomic E-state index is 0.0830. The number of ether oxygens (including phenoxy) is 2. The Hall–Kier alpha value is -3.84. The van der Waals surface area contributed by atoms with Crippen LogP contribution in [0.2, 0.25) is 5.02 Å². The van der Waals surface area contributed by atoms with E-state index in [0.717, 1.165) is 6.07 Å². The number of methoxy groups -OCH3 is 1. The predicted molar refractivity (Wildman–Crippen MR) is 115 cm³/mol. The van der Waals surface area contributed by atoms with Crippen LogP contribution in [0.15, 0.2) is 71.7 Å². The van der Waals surface area contributed by atoms with E-state index in [1.165, 1.54) is 16.8 Å². The van der Waals surface area contributed by atoms with Gasteiger partial charge in [0, 0.05) is 17.3 Å². The summed E-state index contributed by atoms with van der Waals surface area (Å²) >= 11 is 5.90. The lowest BCUT2D eigenvalue weighted by Gasteiger charge is -2.14. The molecule has 4 aromatic rings. The number of carbonyl (C=O) groups is 1. The second-order valence-electron chi connectivity index (χ2n) is 6.60. The van der Waals surface area contributed by atoms with Gasteiger partial charge in [0.1, 0.15) is 28.6 Å². The van der Waals surface area contributed by atoms with Crippen LogP contribution in [0.25, 0.3) is 16.6 Å².